The van der Waals surface area contributed by atoms with Crippen LogP contribution in [-0.2, 0) is 42.2 Å². The van der Waals surface area contributed by atoms with E-state index in [9.17, 15) is 24.0 Å². The third-order valence-electron chi connectivity index (χ3n) is 8.97. The molecule has 3 amide bonds. The van der Waals surface area contributed by atoms with Gasteiger partial charge in [-0.3, -0.25) is 19.2 Å². The second kappa shape index (κ2) is 15.0. The van der Waals surface area contributed by atoms with Crippen LogP contribution in [0.2, 0.25) is 0 Å². The van der Waals surface area contributed by atoms with E-state index in [2.05, 4.69) is 20.9 Å². The van der Waals surface area contributed by atoms with Crippen LogP contribution in [0.25, 0.3) is 10.9 Å². The van der Waals surface area contributed by atoms with Gasteiger partial charge in [-0.05, 0) is 84.1 Å². The first-order valence-corrected chi connectivity index (χ1v) is 16.2. The van der Waals surface area contributed by atoms with Crippen molar-refractivity contribution < 1.29 is 28.7 Å². The quantitative estimate of drug-likeness (QED) is 0.133. The van der Waals surface area contributed by atoms with Crippen molar-refractivity contribution in [1.82, 2.24) is 25.4 Å². The molecule has 12 heteroatoms. The van der Waals surface area contributed by atoms with Gasteiger partial charge in [-0.2, -0.15) is 0 Å². The number of rotatable bonds is 15. The van der Waals surface area contributed by atoms with E-state index in [1.165, 1.54) is 0 Å². The Bertz CT molecular complexity index is 1440. The van der Waals surface area contributed by atoms with Crippen molar-refractivity contribution in [2.24, 2.45) is 12.5 Å². The zero-order valence-electron chi connectivity index (χ0n) is 27.4. The first-order valence-electron chi connectivity index (χ1n) is 16.2. The molecule has 1 aromatic heterocycles. The molecular formula is C34H48N6O6. The van der Waals surface area contributed by atoms with Crippen LogP contribution in [0.3, 0.4) is 0 Å². The van der Waals surface area contributed by atoms with Crippen molar-refractivity contribution in [1.29, 1.82) is 5.41 Å². The van der Waals surface area contributed by atoms with Crippen LogP contribution in [-0.4, -0.2) is 89.0 Å². The summed E-state index contributed by atoms with van der Waals surface area (Å²) in [5, 5.41) is 16.7. The van der Waals surface area contributed by atoms with Gasteiger partial charge < -0.3 is 35.6 Å². The van der Waals surface area contributed by atoms with Crippen LogP contribution in [0.5, 0.6) is 0 Å². The number of aromatic nitrogens is 1. The molecule has 3 saturated heterocycles. The number of carbonyl (C=O) groups is 5. The van der Waals surface area contributed by atoms with Crippen molar-refractivity contribution in [3.8, 4) is 0 Å². The zero-order chi connectivity index (χ0) is 33.5. The summed E-state index contributed by atoms with van der Waals surface area (Å²) in [5.74, 6) is -2.06. The molecule has 12 nitrogen and oxygen atoms in total. The molecule has 1 aromatic carbocycles. The van der Waals surface area contributed by atoms with Gasteiger partial charge in [0.15, 0.2) is 5.78 Å². The number of ether oxygens (including phenoxy) is 1. The third kappa shape index (κ3) is 9.02. The van der Waals surface area contributed by atoms with Crippen molar-refractivity contribution in [2.75, 3.05) is 26.2 Å². The van der Waals surface area contributed by atoms with E-state index in [1.54, 1.807) is 20.8 Å². The lowest BCUT2D eigenvalue weighted by molar-refractivity contribution is -0.159. The first-order chi connectivity index (χ1) is 21.8. The molecular weight excluding hydrogens is 588 g/mol. The number of hydrogen-bond acceptors (Lipinski definition) is 8. The number of nitrogens with one attached hydrogen (secondary N) is 4. The fourth-order valence-electron chi connectivity index (χ4n) is 6.34. The van der Waals surface area contributed by atoms with Crippen LogP contribution in [0, 0.1) is 10.8 Å². The molecule has 3 aliphatic heterocycles. The van der Waals surface area contributed by atoms with Crippen LogP contribution in [0.1, 0.15) is 71.3 Å². The van der Waals surface area contributed by atoms with Crippen molar-refractivity contribution in [3.63, 3.8) is 0 Å². The first kappa shape index (κ1) is 34.8. The number of amides is 3. The largest absolute Gasteiger partial charge is 0.458 e. The Morgan fingerprint density at radius 2 is 1.67 bits per heavy atom. The number of benzene rings is 1. The summed E-state index contributed by atoms with van der Waals surface area (Å²) in [7, 11) is 1.91. The number of Topliss-reactive ketones (excluding diaryl/α,β-unsaturated/α-hetero) is 1. The number of hydrogen-bond donors (Lipinski definition) is 4. The zero-order valence-corrected chi connectivity index (χ0v) is 27.4. The van der Waals surface area contributed by atoms with Gasteiger partial charge in [0.05, 0.1) is 11.6 Å². The summed E-state index contributed by atoms with van der Waals surface area (Å²) >= 11 is 0. The predicted octanol–water partition coefficient (Wildman–Crippen LogP) is 2.41. The van der Waals surface area contributed by atoms with Crippen LogP contribution in [0.4, 0.5) is 0 Å². The van der Waals surface area contributed by atoms with Gasteiger partial charge in [-0.25, -0.2) is 4.79 Å². The molecule has 0 spiro atoms. The Balaban J connectivity index is 1.43. The summed E-state index contributed by atoms with van der Waals surface area (Å²) in [4.78, 5) is 67.2. The molecule has 0 saturated carbocycles. The fraction of sp³-hybridized carbons (Fsp3) is 0.588. The summed E-state index contributed by atoms with van der Waals surface area (Å²) in [6.45, 7) is 8.32. The van der Waals surface area contributed by atoms with Crippen LogP contribution in [0.15, 0.2) is 30.5 Å². The number of nitrogens with zero attached hydrogens (tertiary/aromatic N) is 2. The molecule has 0 aliphatic carbocycles. The second-order valence-corrected chi connectivity index (χ2v) is 13.6. The van der Waals surface area contributed by atoms with Crippen LogP contribution >= 0.6 is 0 Å². The highest BCUT2D eigenvalue weighted by molar-refractivity contribution is 6.26. The Kier molecular flexibility index (Phi) is 11.4. The van der Waals surface area contributed by atoms with Crippen molar-refractivity contribution in [3.05, 3.63) is 36.0 Å². The standard InChI is InChI=1S/C34H48N6O6/c1-33(2,3)46-31(44)26(12-11-24(41)21-35)38-30(43)27(20-23-22-39(4)28-9-6-5-8-25(23)28)37-29(42)10-7-16-36-32(45)34-13-17-40(18-14-34)19-15-34/h5-6,8-9,21-22,26-27,35H,7,10-20H2,1-4H3,(H,36,45)(H,37,42)(H,38,43)/t26-,27-/m0/s1. The number of aryl methyl sites for hydroxylation is 1. The van der Waals surface area contributed by atoms with Gasteiger partial charge in [0.1, 0.15) is 17.7 Å². The van der Waals surface area contributed by atoms with Gasteiger partial charge in [0, 0.05) is 50.0 Å². The van der Waals surface area contributed by atoms with Crippen molar-refractivity contribution in [2.45, 2.75) is 89.8 Å². The molecule has 0 unspecified atom stereocenters. The average molecular weight is 637 g/mol. The van der Waals surface area contributed by atoms with E-state index in [0.29, 0.717) is 19.2 Å². The Hall–Kier alpha value is -4.06. The number of para-hydroxylation sites is 1. The Morgan fingerprint density at radius 3 is 2.33 bits per heavy atom. The maximum atomic E-state index is 13.8. The maximum absolute atomic E-state index is 13.8. The molecule has 46 heavy (non-hydrogen) atoms. The number of ketones is 1. The average Bonchev–Trinajstić information content (AvgIpc) is 3.35. The minimum atomic E-state index is -1.15. The van der Waals surface area contributed by atoms with Gasteiger partial charge in [0.2, 0.25) is 17.7 Å². The third-order valence-corrected chi connectivity index (χ3v) is 8.97. The molecule has 0 radical (unpaired) electrons. The number of carbonyl (C=O) groups excluding carboxylic acids is 5. The maximum Gasteiger partial charge on any atom is 0.329 e. The van der Waals surface area contributed by atoms with E-state index < -0.39 is 35.3 Å². The highest BCUT2D eigenvalue weighted by atomic mass is 16.6. The second-order valence-electron chi connectivity index (χ2n) is 13.6. The highest BCUT2D eigenvalue weighted by Gasteiger charge is 2.44. The SMILES string of the molecule is Cn1cc(C[C@H](NC(=O)CCCNC(=O)C23CCN(CC2)CC3)C(=O)N[C@@H](CCC(=O)C=N)C(=O)OC(C)(C)C)c2ccccc21. The summed E-state index contributed by atoms with van der Waals surface area (Å²) in [5.41, 5.74) is 0.688. The minimum absolute atomic E-state index is 0.0526. The number of fused-ring (bicyclic) bond motifs is 4. The van der Waals surface area contributed by atoms with Crippen molar-refractivity contribution >= 4 is 46.6 Å². The molecule has 2 bridgehead atoms. The molecule has 3 aliphatic rings. The van der Waals surface area contributed by atoms with Gasteiger partial charge in [0.25, 0.3) is 0 Å². The lowest BCUT2D eigenvalue weighted by Crippen LogP contribution is -2.55. The lowest BCUT2D eigenvalue weighted by Gasteiger charge is -2.47. The Morgan fingerprint density at radius 1 is 1.00 bits per heavy atom. The number of esters is 1. The van der Waals surface area contributed by atoms with E-state index in [4.69, 9.17) is 10.1 Å². The van der Waals surface area contributed by atoms with Crippen LogP contribution < -0.4 is 16.0 Å². The summed E-state index contributed by atoms with van der Waals surface area (Å²) in [6, 6.07) is 5.58. The summed E-state index contributed by atoms with van der Waals surface area (Å²) in [6.07, 6.45) is 5.68. The predicted molar refractivity (Wildman–Crippen MR) is 174 cm³/mol. The molecule has 250 valence electrons. The fourth-order valence-corrected chi connectivity index (χ4v) is 6.34. The van der Waals surface area contributed by atoms with E-state index >= 15 is 0 Å². The number of piperidine rings is 3. The monoisotopic (exact) mass is 636 g/mol. The lowest BCUT2D eigenvalue weighted by atomic mass is 9.71. The van der Waals surface area contributed by atoms with Gasteiger partial charge in [-0.1, -0.05) is 18.2 Å². The van der Waals surface area contributed by atoms with Gasteiger partial charge in [-0.15, -0.1) is 0 Å². The Labute approximate surface area is 270 Å². The highest BCUT2D eigenvalue weighted by Crippen LogP contribution is 2.40. The summed E-state index contributed by atoms with van der Waals surface area (Å²) < 4.78 is 7.45. The van der Waals surface area contributed by atoms with Gasteiger partial charge >= 0.3 is 5.97 Å². The molecule has 2 atom stereocenters. The topological polar surface area (TPSA) is 163 Å². The molecule has 4 N–H and O–H groups in total. The molecule has 4 heterocycles. The molecule has 2 aromatic rings. The van der Waals surface area contributed by atoms with E-state index in [1.807, 2.05) is 42.1 Å². The van der Waals surface area contributed by atoms with E-state index in [-0.39, 0.29) is 42.9 Å². The molecule has 3 fully saturated rings. The normalized spacial score (nSPS) is 20.4. The minimum Gasteiger partial charge on any atom is -0.458 e. The molecule has 5 rings (SSSR count). The smallest absolute Gasteiger partial charge is 0.329 e. The van der Waals surface area contributed by atoms with E-state index in [0.717, 1.165) is 55.4 Å².